The number of rotatable bonds is 2. The van der Waals surface area contributed by atoms with E-state index in [9.17, 15) is 9.18 Å². The van der Waals surface area contributed by atoms with Crippen LogP contribution < -0.4 is 5.32 Å². The van der Waals surface area contributed by atoms with E-state index in [-0.39, 0.29) is 11.8 Å². The third-order valence-corrected chi connectivity index (χ3v) is 5.72. The van der Waals surface area contributed by atoms with E-state index in [2.05, 4.69) is 11.4 Å². The number of thiazole rings is 1. The van der Waals surface area contributed by atoms with E-state index in [0.29, 0.717) is 24.7 Å². The monoisotopic (exact) mass is 355 g/mol. The highest BCUT2D eigenvalue weighted by Crippen LogP contribution is 2.33. The normalized spacial score (nSPS) is 15.5. The Labute approximate surface area is 149 Å². The van der Waals surface area contributed by atoms with Crippen molar-refractivity contribution >= 4 is 33.3 Å². The van der Waals surface area contributed by atoms with Crippen LogP contribution in [0.15, 0.2) is 48.5 Å². The number of anilines is 1. The average Bonchev–Trinajstić information content (AvgIpc) is 3.06. The first-order chi connectivity index (χ1) is 12.2. The smallest absolute Gasteiger partial charge is 0.321 e. The molecule has 4 rings (SSSR count). The van der Waals surface area contributed by atoms with Crippen molar-refractivity contribution in [2.75, 3.05) is 18.4 Å². The second-order valence-electron chi connectivity index (χ2n) is 6.22. The van der Waals surface area contributed by atoms with Gasteiger partial charge in [-0.3, -0.25) is 0 Å². The van der Waals surface area contributed by atoms with Crippen LogP contribution in [0.4, 0.5) is 14.9 Å². The SMILES string of the molecule is O=C(Nc1cccc(F)c1)N1CCC(c2nc3ccccc3s2)CC1. The van der Waals surface area contributed by atoms with Crippen LogP contribution in [0, 0.1) is 5.82 Å². The third kappa shape index (κ3) is 3.49. The van der Waals surface area contributed by atoms with E-state index < -0.39 is 0 Å². The quantitative estimate of drug-likeness (QED) is 0.714. The Hall–Kier alpha value is -2.47. The van der Waals surface area contributed by atoms with Crippen LogP contribution in [-0.2, 0) is 0 Å². The van der Waals surface area contributed by atoms with Crippen molar-refractivity contribution in [1.29, 1.82) is 0 Å². The number of halogens is 1. The van der Waals surface area contributed by atoms with Gasteiger partial charge in [-0.2, -0.15) is 0 Å². The number of amides is 2. The molecule has 0 atom stereocenters. The topological polar surface area (TPSA) is 45.2 Å². The lowest BCUT2D eigenvalue weighted by Crippen LogP contribution is -2.40. The summed E-state index contributed by atoms with van der Waals surface area (Å²) in [5.41, 5.74) is 1.53. The number of likely N-dealkylation sites (tertiary alicyclic amines) is 1. The molecule has 0 spiro atoms. The number of carbonyl (C=O) groups excluding carboxylic acids is 1. The van der Waals surface area contributed by atoms with Gasteiger partial charge in [0.25, 0.3) is 0 Å². The molecule has 0 aliphatic carbocycles. The molecule has 1 aliphatic heterocycles. The molecular formula is C19H18FN3OS. The summed E-state index contributed by atoms with van der Waals surface area (Å²) in [6.45, 7) is 1.36. The summed E-state index contributed by atoms with van der Waals surface area (Å²) in [6, 6.07) is 14.0. The van der Waals surface area contributed by atoms with Crippen LogP contribution in [0.3, 0.4) is 0 Å². The second-order valence-corrected chi connectivity index (χ2v) is 7.28. The number of urea groups is 1. The standard InChI is InChI=1S/C19H18FN3OS/c20-14-4-3-5-15(12-14)21-19(24)23-10-8-13(9-11-23)18-22-16-6-1-2-7-17(16)25-18/h1-7,12-13H,8-11H2,(H,21,24). The van der Waals surface area contributed by atoms with Gasteiger partial charge in [0.05, 0.1) is 15.2 Å². The molecule has 1 aliphatic rings. The second kappa shape index (κ2) is 6.80. The van der Waals surface area contributed by atoms with Gasteiger partial charge in [-0.1, -0.05) is 18.2 Å². The van der Waals surface area contributed by atoms with Crippen molar-refractivity contribution in [1.82, 2.24) is 9.88 Å². The predicted molar refractivity (Wildman–Crippen MR) is 98.6 cm³/mol. The highest BCUT2D eigenvalue weighted by atomic mass is 32.1. The van der Waals surface area contributed by atoms with Crippen LogP contribution in [-0.4, -0.2) is 29.0 Å². The maximum Gasteiger partial charge on any atom is 0.321 e. The number of carbonyl (C=O) groups is 1. The molecule has 0 saturated carbocycles. The third-order valence-electron chi connectivity index (χ3n) is 4.52. The van der Waals surface area contributed by atoms with Gasteiger partial charge in [-0.05, 0) is 43.2 Å². The Morgan fingerprint density at radius 1 is 1.16 bits per heavy atom. The number of aromatic nitrogens is 1. The highest BCUT2D eigenvalue weighted by molar-refractivity contribution is 7.18. The van der Waals surface area contributed by atoms with Gasteiger partial charge in [0.2, 0.25) is 0 Å². The summed E-state index contributed by atoms with van der Waals surface area (Å²) >= 11 is 1.75. The summed E-state index contributed by atoms with van der Waals surface area (Å²) in [7, 11) is 0. The Balaban J connectivity index is 1.38. The van der Waals surface area contributed by atoms with Crippen molar-refractivity contribution in [2.24, 2.45) is 0 Å². The van der Waals surface area contributed by atoms with E-state index in [0.717, 1.165) is 23.4 Å². The zero-order chi connectivity index (χ0) is 17.2. The number of fused-ring (bicyclic) bond motifs is 1. The summed E-state index contributed by atoms with van der Waals surface area (Å²) in [5.74, 6) is 0.0444. The predicted octanol–water partition coefficient (Wildman–Crippen LogP) is 4.85. The van der Waals surface area contributed by atoms with Crippen molar-refractivity contribution in [2.45, 2.75) is 18.8 Å². The molecule has 0 radical (unpaired) electrons. The zero-order valence-corrected chi connectivity index (χ0v) is 14.4. The van der Waals surface area contributed by atoms with Gasteiger partial charge in [-0.25, -0.2) is 14.2 Å². The first kappa shape index (κ1) is 16.0. The number of benzene rings is 2. The van der Waals surface area contributed by atoms with Gasteiger partial charge in [0.15, 0.2) is 0 Å². The molecule has 2 heterocycles. The molecule has 1 N–H and O–H groups in total. The van der Waals surface area contributed by atoms with Crippen LogP contribution >= 0.6 is 11.3 Å². The van der Waals surface area contributed by atoms with Crippen molar-refractivity contribution in [3.63, 3.8) is 0 Å². The van der Waals surface area contributed by atoms with Crippen LogP contribution in [0.2, 0.25) is 0 Å². The number of nitrogens with one attached hydrogen (secondary N) is 1. The Morgan fingerprint density at radius 2 is 1.96 bits per heavy atom. The number of hydrogen-bond donors (Lipinski definition) is 1. The fourth-order valence-corrected chi connectivity index (χ4v) is 4.30. The summed E-state index contributed by atoms with van der Waals surface area (Å²) < 4.78 is 14.4. The minimum atomic E-state index is -0.354. The van der Waals surface area contributed by atoms with Crippen LogP contribution in [0.5, 0.6) is 0 Å². The first-order valence-corrected chi connectivity index (χ1v) is 9.18. The maximum absolute atomic E-state index is 13.2. The lowest BCUT2D eigenvalue weighted by molar-refractivity contribution is 0.194. The van der Waals surface area contributed by atoms with Crippen molar-refractivity contribution < 1.29 is 9.18 Å². The van der Waals surface area contributed by atoms with E-state index in [1.807, 2.05) is 18.2 Å². The number of para-hydroxylation sites is 1. The molecule has 6 heteroatoms. The molecule has 1 fully saturated rings. The Kier molecular flexibility index (Phi) is 4.36. The van der Waals surface area contributed by atoms with Crippen molar-refractivity contribution in [3.05, 3.63) is 59.4 Å². The minimum Gasteiger partial charge on any atom is -0.324 e. The molecule has 2 amide bonds. The summed E-state index contributed by atoms with van der Waals surface area (Å²) in [6.07, 6.45) is 1.80. The average molecular weight is 355 g/mol. The number of piperidine rings is 1. The van der Waals surface area contributed by atoms with E-state index >= 15 is 0 Å². The molecule has 2 aromatic carbocycles. The lowest BCUT2D eigenvalue weighted by atomic mass is 9.98. The fraction of sp³-hybridized carbons (Fsp3) is 0.263. The number of nitrogens with zero attached hydrogens (tertiary/aromatic N) is 2. The van der Waals surface area contributed by atoms with Crippen LogP contribution in [0.1, 0.15) is 23.8 Å². The van der Waals surface area contributed by atoms with Gasteiger partial charge in [0, 0.05) is 24.7 Å². The maximum atomic E-state index is 13.2. The fourth-order valence-electron chi connectivity index (χ4n) is 3.16. The Morgan fingerprint density at radius 3 is 2.72 bits per heavy atom. The molecule has 128 valence electrons. The number of hydrogen-bond acceptors (Lipinski definition) is 3. The largest absolute Gasteiger partial charge is 0.324 e. The molecule has 1 saturated heterocycles. The molecule has 0 bridgehead atoms. The Bertz CT molecular complexity index is 869. The van der Waals surface area contributed by atoms with E-state index in [1.165, 1.54) is 16.8 Å². The van der Waals surface area contributed by atoms with Crippen LogP contribution in [0.25, 0.3) is 10.2 Å². The lowest BCUT2D eigenvalue weighted by Gasteiger charge is -2.31. The van der Waals surface area contributed by atoms with Crippen molar-refractivity contribution in [3.8, 4) is 0 Å². The zero-order valence-electron chi connectivity index (χ0n) is 13.6. The molecule has 1 aromatic heterocycles. The molecule has 25 heavy (non-hydrogen) atoms. The first-order valence-electron chi connectivity index (χ1n) is 8.36. The van der Waals surface area contributed by atoms with Gasteiger partial charge in [-0.15, -0.1) is 11.3 Å². The minimum absolute atomic E-state index is 0.173. The van der Waals surface area contributed by atoms with E-state index in [4.69, 9.17) is 4.98 Å². The van der Waals surface area contributed by atoms with Gasteiger partial charge in [0.1, 0.15) is 5.82 Å². The van der Waals surface area contributed by atoms with Gasteiger partial charge >= 0.3 is 6.03 Å². The van der Waals surface area contributed by atoms with E-state index in [1.54, 1.807) is 28.4 Å². The molecular weight excluding hydrogens is 337 g/mol. The summed E-state index contributed by atoms with van der Waals surface area (Å²) in [5, 5.41) is 3.92. The summed E-state index contributed by atoms with van der Waals surface area (Å²) in [4.78, 5) is 18.9. The molecule has 4 nitrogen and oxygen atoms in total. The molecule has 0 unspecified atom stereocenters. The molecule has 3 aromatic rings. The highest BCUT2D eigenvalue weighted by Gasteiger charge is 2.26. The van der Waals surface area contributed by atoms with Gasteiger partial charge < -0.3 is 10.2 Å².